The molecule has 16 heavy (non-hydrogen) atoms. The second-order valence-electron chi connectivity index (χ2n) is 4.06. The molecule has 0 aromatic heterocycles. The van der Waals surface area contributed by atoms with E-state index in [-0.39, 0.29) is 11.7 Å². The maximum Gasteiger partial charge on any atom is 0.123 e. The average Bonchev–Trinajstić information content (AvgIpc) is 2.26. The van der Waals surface area contributed by atoms with Crippen LogP contribution in [0, 0.1) is 30.0 Å². The van der Waals surface area contributed by atoms with Crippen LogP contribution in [0.5, 0.6) is 0 Å². The lowest BCUT2D eigenvalue weighted by molar-refractivity contribution is 0.600. The molecule has 0 fully saturated rings. The molecule has 1 aromatic rings. The van der Waals surface area contributed by atoms with Crippen LogP contribution in [0.4, 0.5) is 4.39 Å². The SMILES string of the molecule is Cc1cc(F)ccc1CCNCC(C)C#N. The molecule has 0 saturated heterocycles. The molecule has 86 valence electrons. The first kappa shape index (κ1) is 12.7. The zero-order valence-corrected chi connectivity index (χ0v) is 9.76. The molecule has 0 saturated carbocycles. The van der Waals surface area contributed by atoms with Gasteiger partial charge in [-0.05, 0) is 50.1 Å². The van der Waals surface area contributed by atoms with Crippen molar-refractivity contribution < 1.29 is 4.39 Å². The average molecular weight is 220 g/mol. The molecule has 0 aliphatic carbocycles. The Kier molecular flexibility index (Phi) is 4.94. The third-order valence-electron chi connectivity index (χ3n) is 2.55. The summed E-state index contributed by atoms with van der Waals surface area (Å²) < 4.78 is 12.8. The van der Waals surface area contributed by atoms with Crippen molar-refractivity contribution in [2.45, 2.75) is 20.3 Å². The van der Waals surface area contributed by atoms with Gasteiger partial charge in [0.25, 0.3) is 0 Å². The molecule has 0 aliphatic rings. The van der Waals surface area contributed by atoms with Gasteiger partial charge in [-0.2, -0.15) is 5.26 Å². The molecular formula is C13H17FN2. The van der Waals surface area contributed by atoms with Crippen LogP contribution < -0.4 is 5.32 Å². The van der Waals surface area contributed by atoms with Crippen LogP contribution >= 0.6 is 0 Å². The second kappa shape index (κ2) is 6.24. The summed E-state index contributed by atoms with van der Waals surface area (Å²) in [6.45, 7) is 5.32. The second-order valence-corrected chi connectivity index (χ2v) is 4.06. The number of aryl methyl sites for hydroxylation is 1. The topological polar surface area (TPSA) is 35.8 Å². The summed E-state index contributed by atoms with van der Waals surface area (Å²) in [5.74, 6) is -0.151. The molecule has 1 unspecified atom stereocenters. The molecule has 1 atom stereocenters. The smallest absolute Gasteiger partial charge is 0.123 e. The summed E-state index contributed by atoms with van der Waals surface area (Å²) in [6.07, 6.45) is 0.865. The molecule has 1 aromatic carbocycles. The molecule has 0 bridgehead atoms. The van der Waals surface area contributed by atoms with E-state index in [0.717, 1.165) is 24.1 Å². The Labute approximate surface area is 96.1 Å². The lowest BCUT2D eigenvalue weighted by Crippen LogP contribution is -2.23. The number of nitrogens with one attached hydrogen (secondary N) is 1. The molecule has 1 N–H and O–H groups in total. The third-order valence-corrected chi connectivity index (χ3v) is 2.55. The zero-order valence-electron chi connectivity index (χ0n) is 9.76. The maximum absolute atomic E-state index is 12.8. The standard InChI is InChI=1S/C13H17FN2/c1-10(8-15)9-16-6-5-12-3-4-13(14)7-11(12)2/h3-4,7,10,16H,5-6,9H2,1-2H3. The lowest BCUT2D eigenvalue weighted by atomic mass is 10.1. The highest BCUT2D eigenvalue weighted by molar-refractivity contribution is 5.26. The van der Waals surface area contributed by atoms with Gasteiger partial charge in [0.2, 0.25) is 0 Å². The number of hydrogen-bond acceptors (Lipinski definition) is 2. The lowest BCUT2D eigenvalue weighted by Gasteiger charge is -2.08. The van der Waals surface area contributed by atoms with E-state index < -0.39 is 0 Å². The van der Waals surface area contributed by atoms with Crippen LogP contribution in [0.1, 0.15) is 18.1 Å². The fourth-order valence-corrected chi connectivity index (χ4v) is 1.53. The molecule has 2 nitrogen and oxygen atoms in total. The number of halogens is 1. The molecule has 1 rings (SSSR count). The summed E-state index contributed by atoms with van der Waals surface area (Å²) in [6, 6.07) is 7.03. The molecular weight excluding hydrogens is 203 g/mol. The van der Waals surface area contributed by atoms with Crippen molar-refractivity contribution in [1.29, 1.82) is 5.26 Å². The Morgan fingerprint density at radius 1 is 1.50 bits per heavy atom. The van der Waals surface area contributed by atoms with Crippen LogP contribution in [-0.4, -0.2) is 13.1 Å². The van der Waals surface area contributed by atoms with Gasteiger partial charge in [-0.15, -0.1) is 0 Å². The number of benzene rings is 1. The van der Waals surface area contributed by atoms with Gasteiger partial charge in [0.05, 0.1) is 12.0 Å². The van der Waals surface area contributed by atoms with Crippen LogP contribution in [0.15, 0.2) is 18.2 Å². The zero-order chi connectivity index (χ0) is 12.0. The Bertz CT molecular complexity index is 382. The predicted molar refractivity (Wildman–Crippen MR) is 62.5 cm³/mol. The van der Waals surface area contributed by atoms with E-state index in [4.69, 9.17) is 5.26 Å². The number of nitrogens with zero attached hydrogens (tertiary/aromatic N) is 1. The van der Waals surface area contributed by atoms with Gasteiger partial charge in [0, 0.05) is 6.54 Å². The summed E-state index contributed by atoms with van der Waals surface area (Å²) in [7, 11) is 0. The van der Waals surface area contributed by atoms with Gasteiger partial charge >= 0.3 is 0 Å². The highest BCUT2D eigenvalue weighted by atomic mass is 19.1. The summed E-state index contributed by atoms with van der Waals surface area (Å²) in [5, 5.41) is 11.8. The van der Waals surface area contributed by atoms with E-state index in [1.54, 1.807) is 6.07 Å². The first-order chi connectivity index (χ1) is 7.63. The van der Waals surface area contributed by atoms with Crippen molar-refractivity contribution in [2.24, 2.45) is 5.92 Å². The third kappa shape index (κ3) is 4.00. The summed E-state index contributed by atoms with van der Waals surface area (Å²) in [5.41, 5.74) is 2.13. The van der Waals surface area contributed by atoms with Gasteiger partial charge in [-0.3, -0.25) is 0 Å². The number of nitriles is 1. The fourth-order valence-electron chi connectivity index (χ4n) is 1.53. The van der Waals surface area contributed by atoms with E-state index in [2.05, 4.69) is 11.4 Å². The molecule has 0 spiro atoms. The Morgan fingerprint density at radius 3 is 2.88 bits per heavy atom. The minimum Gasteiger partial charge on any atom is -0.315 e. The first-order valence-corrected chi connectivity index (χ1v) is 5.49. The first-order valence-electron chi connectivity index (χ1n) is 5.49. The highest BCUT2D eigenvalue weighted by Gasteiger charge is 2.01. The Balaban J connectivity index is 2.35. The monoisotopic (exact) mass is 220 g/mol. The van der Waals surface area contributed by atoms with Crippen molar-refractivity contribution in [3.63, 3.8) is 0 Å². The molecule has 0 aliphatic heterocycles. The van der Waals surface area contributed by atoms with Crippen LogP contribution in [0.2, 0.25) is 0 Å². The summed E-state index contributed by atoms with van der Waals surface area (Å²) in [4.78, 5) is 0. The highest BCUT2D eigenvalue weighted by Crippen LogP contribution is 2.10. The predicted octanol–water partition coefficient (Wildman–Crippen LogP) is 2.43. The maximum atomic E-state index is 12.8. The van der Waals surface area contributed by atoms with Gasteiger partial charge < -0.3 is 5.32 Å². The van der Waals surface area contributed by atoms with E-state index in [1.807, 2.05) is 19.9 Å². The summed E-state index contributed by atoms with van der Waals surface area (Å²) >= 11 is 0. The van der Waals surface area contributed by atoms with Gasteiger partial charge in [-0.1, -0.05) is 6.07 Å². The normalized spacial score (nSPS) is 12.1. The van der Waals surface area contributed by atoms with Crippen LogP contribution in [-0.2, 0) is 6.42 Å². The van der Waals surface area contributed by atoms with Gasteiger partial charge in [-0.25, -0.2) is 4.39 Å². The Hall–Kier alpha value is -1.40. The quantitative estimate of drug-likeness (QED) is 0.773. The largest absolute Gasteiger partial charge is 0.315 e. The minimum atomic E-state index is -0.188. The van der Waals surface area contributed by atoms with E-state index in [9.17, 15) is 4.39 Å². The minimum absolute atomic E-state index is 0.0364. The molecule has 3 heteroatoms. The fraction of sp³-hybridized carbons (Fsp3) is 0.462. The van der Waals surface area contributed by atoms with E-state index in [0.29, 0.717) is 6.54 Å². The van der Waals surface area contributed by atoms with Gasteiger partial charge in [0.1, 0.15) is 5.82 Å². The van der Waals surface area contributed by atoms with Crippen molar-refractivity contribution in [3.05, 3.63) is 35.1 Å². The van der Waals surface area contributed by atoms with E-state index in [1.165, 1.54) is 6.07 Å². The molecule has 0 heterocycles. The van der Waals surface area contributed by atoms with Crippen LogP contribution in [0.25, 0.3) is 0 Å². The molecule has 0 radical (unpaired) electrons. The molecule has 0 amide bonds. The van der Waals surface area contributed by atoms with Crippen molar-refractivity contribution in [3.8, 4) is 6.07 Å². The van der Waals surface area contributed by atoms with Crippen LogP contribution in [0.3, 0.4) is 0 Å². The van der Waals surface area contributed by atoms with Crippen molar-refractivity contribution >= 4 is 0 Å². The van der Waals surface area contributed by atoms with Crippen molar-refractivity contribution in [2.75, 3.05) is 13.1 Å². The number of rotatable bonds is 5. The van der Waals surface area contributed by atoms with Gasteiger partial charge in [0.15, 0.2) is 0 Å². The van der Waals surface area contributed by atoms with E-state index >= 15 is 0 Å². The Morgan fingerprint density at radius 2 is 2.25 bits per heavy atom. The number of hydrogen-bond donors (Lipinski definition) is 1. The van der Waals surface area contributed by atoms with Crippen molar-refractivity contribution in [1.82, 2.24) is 5.32 Å².